The number of benzene rings is 7. The van der Waals surface area contributed by atoms with Gasteiger partial charge in [0.25, 0.3) is 0 Å². The third kappa shape index (κ3) is 4.61. The van der Waals surface area contributed by atoms with Crippen molar-refractivity contribution in [2.75, 3.05) is 0 Å². The minimum atomic E-state index is 0.140. The topological polar surface area (TPSA) is 74.8 Å². The maximum Gasteiger partial charge on any atom is 0.159 e. The Bertz CT molecular complexity index is 3040. The fourth-order valence-corrected chi connectivity index (χ4v) is 7.50. The molecule has 0 atom stereocenters. The molecule has 10 aromatic rings. The van der Waals surface area contributed by atoms with Crippen LogP contribution >= 0.6 is 0 Å². The van der Waals surface area contributed by atoms with Crippen molar-refractivity contribution in [3.8, 4) is 22.6 Å². The summed E-state index contributed by atoms with van der Waals surface area (Å²) in [5.74, 6) is 0.140. The largest absolute Gasteiger partial charge is 0.337 e. The van der Waals surface area contributed by atoms with Gasteiger partial charge in [0.1, 0.15) is 5.69 Å². The highest BCUT2D eigenvalue weighted by Gasteiger charge is 2.20. The van der Waals surface area contributed by atoms with E-state index in [1.807, 2.05) is 72.8 Å². The number of nitrogens with zero attached hydrogens (tertiary/aromatic N) is 4. The number of hydrogen-bond acceptors (Lipinski definition) is 2. The van der Waals surface area contributed by atoms with Crippen LogP contribution < -0.4 is 5.49 Å². The average Bonchev–Trinajstić information content (AvgIpc) is 3.69. The van der Waals surface area contributed by atoms with Gasteiger partial charge in [0.15, 0.2) is 11.3 Å². The molecule has 0 fully saturated rings. The van der Waals surface area contributed by atoms with E-state index < -0.39 is 0 Å². The Kier molecular flexibility index (Phi) is 6.54. The molecule has 3 aromatic heterocycles. The maximum absolute atomic E-state index is 9.51. The SMILES string of the molecule is N=C(N=c1[nH]c2ccccc2nc1-c1ccccc1)c1ccccc1-n1c2ccccc2c2cc3c4ccccc4n(-c4ccccc4)c3cc21. The lowest BCUT2D eigenvalue weighted by Gasteiger charge is -2.13. The summed E-state index contributed by atoms with van der Waals surface area (Å²) in [5.41, 5.74) is 11.0. The number of amidine groups is 1. The summed E-state index contributed by atoms with van der Waals surface area (Å²) in [6.45, 7) is 0. The highest BCUT2D eigenvalue weighted by molar-refractivity contribution is 6.19. The first-order chi connectivity index (χ1) is 25.2. The molecule has 3 heterocycles. The van der Waals surface area contributed by atoms with Crippen LogP contribution in [0.25, 0.3) is 77.3 Å². The minimum Gasteiger partial charge on any atom is -0.337 e. The van der Waals surface area contributed by atoms with Crippen LogP contribution in [0.1, 0.15) is 5.56 Å². The number of fused-ring (bicyclic) bond motifs is 7. The van der Waals surface area contributed by atoms with Crippen LogP contribution in [-0.4, -0.2) is 24.9 Å². The van der Waals surface area contributed by atoms with E-state index in [2.05, 4.69) is 111 Å². The molecular weight excluding hydrogens is 625 g/mol. The van der Waals surface area contributed by atoms with E-state index >= 15 is 0 Å². The monoisotopic (exact) mass is 654 g/mol. The minimum absolute atomic E-state index is 0.140. The fraction of sp³-hybridized carbons (Fsp3) is 0. The van der Waals surface area contributed by atoms with Crippen LogP contribution in [0.3, 0.4) is 0 Å². The molecule has 51 heavy (non-hydrogen) atoms. The van der Waals surface area contributed by atoms with E-state index in [1.165, 1.54) is 10.8 Å². The molecule has 0 aliphatic heterocycles. The van der Waals surface area contributed by atoms with Crippen molar-refractivity contribution in [1.82, 2.24) is 19.1 Å². The number of H-pyrrole nitrogens is 1. The summed E-state index contributed by atoms with van der Waals surface area (Å²) in [5, 5.41) is 14.2. The molecule has 0 spiro atoms. The van der Waals surface area contributed by atoms with Crippen LogP contribution in [0.5, 0.6) is 0 Å². The molecule has 0 amide bonds. The van der Waals surface area contributed by atoms with Crippen molar-refractivity contribution in [3.63, 3.8) is 0 Å². The molecule has 0 saturated carbocycles. The van der Waals surface area contributed by atoms with Gasteiger partial charge in [-0.1, -0.05) is 109 Å². The molecule has 0 aliphatic carbocycles. The summed E-state index contributed by atoms with van der Waals surface area (Å²) in [6, 6.07) is 58.4. The van der Waals surface area contributed by atoms with Gasteiger partial charge >= 0.3 is 0 Å². The summed E-state index contributed by atoms with van der Waals surface area (Å²) in [4.78, 5) is 13.4. The van der Waals surface area contributed by atoms with Gasteiger partial charge in [0.2, 0.25) is 0 Å². The number of hydrogen-bond donors (Lipinski definition) is 2. The summed E-state index contributed by atoms with van der Waals surface area (Å²) >= 11 is 0. The van der Waals surface area contributed by atoms with Crippen LogP contribution in [-0.2, 0) is 0 Å². The second-order valence-electron chi connectivity index (χ2n) is 12.7. The second kappa shape index (κ2) is 11.5. The first-order valence-electron chi connectivity index (χ1n) is 17.0. The molecule has 0 saturated heterocycles. The van der Waals surface area contributed by atoms with Crippen molar-refractivity contribution in [3.05, 3.63) is 181 Å². The molecule has 6 nitrogen and oxygen atoms in total. The highest BCUT2D eigenvalue weighted by atomic mass is 15.0. The van der Waals surface area contributed by atoms with Gasteiger partial charge in [-0.3, -0.25) is 5.41 Å². The fourth-order valence-electron chi connectivity index (χ4n) is 7.50. The smallest absolute Gasteiger partial charge is 0.159 e. The van der Waals surface area contributed by atoms with Gasteiger partial charge in [-0.2, -0.15) is 0 Å². The predicted molar refractivity (Wildman–Crippen MR) is 209 cm³/mol. The van der Waals surface area contributed by atoms with E-state index in [4.69, 9.17) is 9.98 Å². The molecule has 6 heteroatoms. The van der Waals surface area contributed by atoms with Crippen molar-refractivity contribution >= 4 is 60.5 Å². The Hall–Kier alpha value is -7.05. The van der Waals surface area contributed by atoms with Crippen molar-refractivity contribution in [2.24, 2.45) is 4.99 Å². The molecule has 2 N–H and O–H groups in total. The Morgan fingerprint density at radius 3 is 1.88 bits per heavy atom. The average molecular weight is 655 g/mol. The zero-order valence-corrected chi connectivity index (χ0v) is 27.5. The first kappa shape index (κ1) is 28.9. The van der Waals surface area contributed by atoms with Crippen LogP contribution in [0, 0.1) is 5.41 Å². The van der Waals surface area contributed by atoms with Gasteiger partial charge in [-0.05, 0) is 60.7 Å². The zero-order valence-electron chi connectivity index (χ0n) is 27.5. The van der Waals surface area contributed by atoms with Crippen molar-refractivity contribution in [1.29, 1.82) is 5.41 Å². The van der Waals surface area contributed by atoms with Gasteiger partial charge < -0.3 is 14.1 Å². The normalized spacial score (nSPS) is 12.1. The van der Waals surface area contributed by atoms with Crippen LogP contribution in [0.2, 0.25) is 0 Å². The second-order valence-corrected chi connectivity index (χ2v) is 12.7. The summed E-state index contributed by atoms with van der Waals surface area (Å²) in [7, 11) is 0. The van der Waals surface area contributed by atoms with E-state index in [0.29, 0.717) is 16.7 Å². The highest BCUT2D eigenvalue weighted by Crippen LogP contribution is 2.40. The third-order valence-electron chi connectivity index (χ3n) is 9.77. The summed E-state index contributed by atoms with van der Waals surface area (Å²) < 4.78 is 4.64. The molecule has 10 rings (SSSR count). The summed E-state index contributed by atoms with van der Waals surface area (Å²) in [6.07, 6.45) is 0. The third-order valence-corrected chi connectivity index (χ3v) is 9.77. The van der Waals surface area contributed by atoms with E-state index in [0.717, 1.165) is 60.8 Å². The van der Waals surface area contributed by atoms with E-state index in [1.54, 1.807) is 0 Å². The quantitative estimate of drug-likeness (QED) is 0.144. The molecule has 0 unspecified atom stereocenters. The Balaban J connectivity index is 1.24. The van der Waals surface area contributed by atoms with E-state index in [-0.39, 0.29) is 5.84 Å². The van der Waals surface area contributed by atoms with Crippen LogP contribution in [0.15, 0.2) is 175 Å². The molecular formula is C45H30N6. The number of rotatable bonds is 4. The number of nitrogens with one attached hydrogen (secondary N) is 2. The molecule has 0 aliphatic rings. The van der Waals surface area contributed by atoms with Gasteiger partial charge in [-0.15, -0.1) is 0 Å². The Morgan fingerprint density at radius 1 is 0.529 bits per heavy atom. The van der Waals surface area contributed by atoms with Gasteiger partial charge in [0, 0.05) is 38.4 Å². The van der Waals surface area contributed by atoms with E-state index in [9.17, 15) is 5.41 Å². The number of para-hydroxylation sites is 6. The lowest BCUT2D eigenvalue weighted by atomic mass is 10.1. The first-order valence-corrected chi connectivity index (χ1v) is 17.0. The molecule has 0 bridgehead atoms. The number of aromatic amines is 1. The zero-order chi connectivity index (χ0) is 33.9. The lowest BCUT2D eigenvalue weighted by Crippen LogP contribution is -2.17. The molecule has 240 valence electrons. The van der Waals surface area contributed by atoms with Crippen molar-refractivity contribution in [2.45, 2.75) is 0 Å². The predicted octanol–water partition coefficient (Wildman–Crippen LogP) is 10.4. The van der Waals surface area contributed by atoms with Crippen molar-refractivity contribution < 1.29 is 0 Å². The molecule has 0 radical (unpaired) electrons. The van der Waals surface area contributed by atoms with Gasteiger partial charge in [0.05, 0.1) is 38.8 Å². The van der Waals surface area contributed by atoms with Crippen LogP contribution in [0.4, 0.5) is 0 Å². The van der Waals surface area contributed by atoms with Gasteiger partial charge in [-0.25, -0.2) is 9.98 Å². The Labute approximate surface area is 292 Å². The number of aromatic nitrogens is 4. The maximum atomic E-state index is 9.51. The lowest BCUT2D eigenvalue weighted by molar-refractivity contribution is 1.13. The standard InChI is InChI=1S/C45H30N6/c46-44(49-45-43(29-15-3-1-4-16-29)47-36-22-10-11-23-37(36)48-45)33-21-9-14-26-40(33)51-39-25-13-8-20-32(39)35-27-34-31-19-7-12-24-38(31)50(41(34)28-42(35)51)30-17-5-2-6-18-30/h1-28H,(H2,46,48,49). The molecule has 7 aromatic carbocycles. The Morgan fingerprint density at radius 2 is 1.12 bits per heavy atom.